The van der Waals surface area contributed by atoms with Gasteiger partial charge in [-0.3, -0.25) is 0 Å². The van der Waals surface area contributed by atoms with E-state index in [2.05, 4.69) is 0 Å². The van der Waals surface area contributed by atoms with E-state index in [1.165, 1.54) is 7.11 Å². The SMILES string of the molecule is COc1c(C)c(O)c(C)c2c1C(=O)OC2. The Labute approximate surface area is 87.4 Å². The van der Waals surface area contributed by atoms with Gasteiger partial charge in [-0.25, -0.2) is 4.79 Å². The number of carbonyl (C=O) groups is 1. The maximum absolute atomic E-state index is 11.5. The fourth-order valence-corrected chi connectivity index (χ4v) is 1.91. The number of benzene rings is 1. The molecule has 0 aliphatic carbocycles. The van der Waals surface area contributed by atoms with Crippen molar-refractivity contribution in [2.24, 2.45) is 0 Å². The van der Waals surface area contributed by atoms with Crippen LogP contribution in [0.4, 0.5) is 0 Å². The number of ether oxygens (including phenoxy) is 2. The number of methoxy groups -OCH3 is 1. The molecule has 1 N–H and O–H groups in total. The molecule has 1 aliphatic heterocycles. The van der Waals surface area contributed by atoms with Gasteiger partial charge in [0, 0.05) is 11.1 Å². The van der Waals surface area contributed by atoms with Crippen molar-refractivity contribution in [3.8, 4) is 11.5 Å². The van der Waals surface area contributed by atoms with Crippen molar-refractivity contribution in [2.75, 3.05) is 7.11 Å². The van der Waals surface area contributed by atoms with E-state index in [0.717, 1.165) is 5.56 Å². The Hall–Kier alpha value is -1.71. The van der Waals surface area contributed by atoms with E-state index in [1.807, 2.05) is 0 Å². The summed E-state index contributed by atoms with van der Waals surface area (Å²) in [5.74, 6) is 0.201. The summed E-state index contributed by atoms with van der Waals surface area (Å²) in [5, 5.41) is 9.82. The second-order valence-electron chi connectivity index (χ2n) is 3.56. The Morgan fingerprint density at radius 2 is 2.00 bits per heavy atom. The van der Waals surface area contributed by atoms with Gasteiger partial charge in [0.15, 0.2) is 0 Å². The molecule has 2 rings (SSSR count). The van der Waals surface area contributed by atoms with E-state index < -0.39 is 0 Å². The van der Waals surface area contributed by atoms with E-state index in [-0.39, 0.29) is 18.3 Å². The van der Waals surface area contributed by atoms with Crippen LogP contribution in [0.3, 0.4) is 0 Å². The van der Waals surface area contributed by atoms with E-state index in [1.54, 1.807) is 13.8 Å². The average molecular weight is 208 g/mol. The van der Waals surface area contributed by atoms with Crippen molar-refractivity contribution < 1.29 is 19.4 Å². The molecule has 15 heavy (non-hydrogen) atoms. The van der Waals surface area contributed by atoms with Crippen LogP contribution >= 0.6 is 0 Å². The van der Waals surface area contributed by atoms with Crippen LogP contribution in [-0.4, -0.2) is 18.2 Å². The molecule has 0 saturated heterocycles. The van der Waals surface area contributed by atoms with Crippen LogP contribution in [0.25, 0.3) is 0 Å². The average Bonchev–Trinajstić information content (AvgIpc) is 2.59. The molecule has 1 aromatic carbocycles. The van der Waals surface area contributed by atoms with Crippen molar-refractivity contribution in [1.82, 2.24) is 0 Å². The molecule has 0 fully saturated rings. The summed E-state index contributed by atoms with van der Waals surface area (Å²) in [6.45, 7) is 3.69. The summed E-state index contributed by atoms with van der Waals surface area (Å²) >= 11 is 0. The van der Waals surface area contributed by atoms with Gasteiger partial charge in [-0.05, 0) is 19.4 Å². The Kier molecular flexibility index (Phi) is 2.07. The van der Waals surface area contributed by atoms with Crippen LogP contribution in [0.1, 0.15) is 27.0 Å². The minimum absolute atomic E-state index is 0.170. The first-order valence-electron chi connectivity index (χ1n) is 4.64. The summed E-state index contributed by atoms with van der Waals surface area (Å²) in [6, 6.07) is 0. The van der Waals surface area contributed by atoms with Gasteiger partial charge in [-0.15, -0.1) is 0 Å². The maximum atomic E-state index is 11.5. The van der Waals surface area contributed by atoms with Gasteiger partial charge >= 0.3 is 5.97 Å². The second kappa shape index (κ2) is 3.15. The van der Waals surface area contributed by atoms with Crippen LogP contribution < -0.4 is 4.74 Å². The number of aromatic hydroxyl groups is 1. The molecule has 0 atom stereocenters. The fraction of sp³-hybridized carbons (Fsp3) is 0.364. The van der Waals surface area contributed by atoms with Crippen LogP contribution in [-0.2, 0) is 11.3 Å². The van der Waals surface area contributed by atoms with Crippen molar-refractivity contribution in [3.05, 3.63) is 22.3 Å². The van der Waals surface area contributed by atoms with Gasteiger partial charge in [0.1, 0.15) is 23.7 Å². The minimum Gasteiger partial charge on any atom is -0.507 e. The van der Waals surface area contributed by atoms with Crippen molar-refractivity contribution in [1.29, 1.82) is 0 Å². The van der Waals surface area contributed by atoms with E-state index in [0.29, 0.717) is 22.4 Å². The summed E-state index contributed by atoms with van der Waals surface area (Å²) in [7, 11) is 1.48. The summed E-state index contributed by atoms with van der Waals surface area (Å²) in [6.07, 6.45) is 0. The number of phenolic OH excluding ortho intramolecular Hbond substituents is 1. The quantitative estimate of drug-likeness (QED) is 0.713. The second-order valence-corrected chi connectivity index (χ2v) is 3.56. The zero-order valence-electron chi connectivity index (χ0n) is 8.88. The Bertz CT molecular complexity index is 449. The molecule has 0 amide bonds. The molecule has 0 saturated carbocycles. The predicted molar refractivity (Wildman–Crippen MR) is 53.3 cm³/mol. The molecule has 4 nitrogen and oxygen atoms in total. The third kappa shape index (κ3) is 1.17. The highest BCUT2D eigenvalue weighted by atomic mass is 16.5. The Balaban J connectivity index is 2.82. The molecule has 1 heterocycles. The first kappa shape index (κ1) is 9.83. The van der Waals surface area contributed by atoms with Gasteiger partial charge in [0.2, 0.25) is 0 Å². The highest BCUT2D eigenvalue weighted by Gasteiger charge is 2.31. The lowest BCUT2D eigenvalue weighted by atomic mass is 9.98. The molecular formula is C11H12O4. The summed E-state index contributed by atoms with van der Waals surface area (Å²) in [5.41, 5.74) is 2.44. The fourth-order valence-electron chi connectivity index (χ4n) is 1.91. The molecule has 0 spiro atoms. The summed E-state index contributed by atoms with van der Waals surface area (Å²) in [4.78, 5) is 11.5. The molecule has 0 aromatic heterocycles. The Morgan fingerprint density at radius 1 is 1.33 bits per heavy atom. The van der Waals surface area contributed by atoms with Gasteiger partial charge < -0.3 is 14.6 Å². The molecule has 4 heteroatoms. The lowest BCUT2D eigenvalue weighted by Crippen LogP contribution is -2.02. The summed E-state index contributed by atoms with van der Waals surface area (Å²) < 4.78 is 10.1. The number of phenols is 1. The molecule has 1 aliphatic rings. The molecule has 0 radical (unpaired) electrons. The van der Waals surface area contributed by atoms with Crippen molar-refractivity contribution in [3.63, 3.8) is 0 Å². The van der Waals surface area contributed by atoms with Crippen molar-refractivity contribution >= 4 is 5.97 Å². The standard InChI is InChI=1S/C11H12O4/c1-5-7-4-15-11(13)8(7)10(14-3)6(2)9(5)12/h12H,4H2,1-3H3. The van der Waals surface area contributed by atoms with Crippen LogP contribution in [0.15, 0.2) is 0 Å². The highest BCUT2D eigenvalue weighted by molar-refractivity contribution is 5.98. The zero-order chi connectivity index (χ0) is 11.2. The Morgan fingerprint density at radius 3 is 2.60 bits per heavy atom. The first-order valence-corrected chi connectivity index (χ1v) is 4.64. The molecule has 80 valence electrons. The van der Waals surface area contributed by atoms with E-state index >= 15 is 0 Å². The van der Waals surface area contributed by atoms with Crippen LogP contribution in [0, 0.1) is 13.8 Å². The van der Waals surface area contributed by atoms with Crippen molar-refractivity contribution in [2.45, 2.75) is 20.5 Å². The number of hydrogen-bond donors (Lipinski definition) is 1. The predicted octanol–water partition coefficient (Wildman–Crippen LogP) is 1.69. The first-order chi connectivity index (χ1) is 7.07. The number of carbonyl (C=O) groups excluding carboxylic acids is 1. The molecule has 0 unspecified atom stereocenters. The number of esters is 1. The molecular weight excluding hydrogens is 196 g/mol. The van der Waals surface area contributed by atoms with Gasteiger partial charge in [-0.2, -0.15) is 0 Å². The van der Waals surface area contributed by atoms with Gasteiger partial charge in [-0.1, -0.05) is 0 Å². The third-order valence-electron chi connectivity index (χ3n) is 2.79. The third-order valence-corrected chi connectivity index (χ3v) is 2.79. The number of rotatable bonds is 1. The smallest absolute Gasteiger partial charge is 0.342 e. The number of fused-ring (bicyclic) bond motifs is 1. The minimum atomic E-state index is -0.381. The monoisotopic (exact) mass is 208 g/mol. The lowest BCUT2D eigenvalue weighted by Gasteiger charge is -2.12. The van der Waals surface area contributed by atoms with E-state index in [9.17, 15) is 9.90 Å². The van der Waals surface area contributed by atoms with Crippen LogP contribution in [0.5, 0.6) is 11.5 Å². The molecule has 0 bridgehead atoms. The van der Waals surface area contributed by atoms with Gasteiger partial charge in [0.05, 0.1) is 7.11 Å². The number of hydrogen-bond acceptors (Lipinski definition) is 4. The lowest BCUT2D eigenvalue weighted by molar-refractivity contribution is 0.0532. The maximum Gasteiger partial charge on any atom is 0.342 e. The normalized spacial score (nSPS) is 13.7. The van der Waals surface area contributed by atoms with E-state index in [4.69, 9.17) is 9.47 Å². The van der Waals surface area contributed by atoms with Gasteiger partial charge in [0.25, 0.3) is 0 Å². The number of cyclic esters (lactones) is 1. The highest BCUT2D eigenvalue weighted by Crippen LogP contribution is 2.40. The topological polar surface area (TPSA) is 55.8 Å². The zero-order valence-corrected chi connectivity index (χ0v) is 8.88. The molecule has 1 aromatic rings. The largest absolute Gasteiger partial charge is 0.507 e. The van der Waals surface area contributed by atoms with Crippen LogP contribution in [0.2, 0.25) is 0 Å².